The van der Waals surface area contributed by atoms with E-state index in [-0.39, 0.29) is 12.1 Å². The first kappa shape index (κ1) is 11.3. The summed E-state index contributed by atoms with van der Waals surface area (Å²) in [6.45, 7) is 5.41. The molecule has 4 nitrogen and oxygen atoms in total. The van der Waals surface area contributed by atoms with Gasteiger partial charge < -0.3 is 9.47 Å². The average molecular weight is 244 g/mol. The summed E-state index contributed by atoms with van der Waals surface area (Å²) in [6, 6.07) is 8.48. The van der Waals surface area contributed by atoms with Gasteiger partial charge in [0.15, 0.2) is 0 Å². The maximum atomic E-state index is 5.56. The van der Waals surface area contributed by atoms with Crippen molar-refractivity contribution in [1.82, 2.24) is 0 Å². The second-order valence-corrected chi connectivity index (χ2v) is 4.77. The van der Waals surface area contributed by atoms with E-state index in [1.165, 1.54) is 0 Å². The largest absolute Gasteiger partial charge is 0.475 e. The minimum atomic E-state index is 0.240. The van der Waals surface area contributed by atoms with Gasteiger partial charge in [0.1, 0.15) is 13.2 Å². The summed E-state index contributed by atoms with van der Waals surface area (Å²) < 4.78 is 11.1. The lowest BCUT2D eigenvalue weighted by Crippen LogP contribution is -2.06. The van der Waals surface area contributed by atoms with Gasteiger partial charge >= 0.3 is 0 Å². The molecule has 0 fully saturated rings. The zero-order chi connectivity index (χ0) is 12.5. The van der Waals surface area contributed by atoms with Crippen molar-refractivity contribution in [3.05, 3.63) is 35.4 Å². The van der Waals surface area contributed by atoms with Crippen LogP contribution in [0.15, 0.2) is 34.3 Å². The summed E-state index contributed by atoms with van der Waals surface area (Å²) in [5, 5.41) is 0. The molecule has 0 unspecified atom stereocenters. The third kappa shape index (κ3) is 2.10. The van der Waals surface area contributed by atoms with Crippen molar-refractivity contribution < 1.29 is 9.47 Å². The van der Waals surface area contributed by atoms with Crippen LogP contribution in [0.4, 0.5) is 0 Å². The molecule has 0 saturated carbocycles. The topological polar surface area (TPSA) is 43.2 Å². The predicted octanol–water partition coefficient (Wildman–Crippen LogP) is 2.02. The second-order valence-electron chi connectivity index (χ2n) is 4.77. The highest BCUT2D eigenvalue weighted by Gasteiger charge is 2.19. The van der Waals surface area contributed by atoms with Crippen molar-refractivity contribution in [2.24, 2.45) is 9.98 Å². The molecule has 18 heavy (non-hydrogen) atoms. The average Bonchev–Trinajstić information content (AvgIpc) is 2.98. The summed E-state index contributed by atoms with van der Waals surface area (Å²) >= 11 is 0. The van der Waals surface area contributed by atoms with Crippen LogP contribution in [-0.4, -0.2) is 37.1 Å². The number of ether oxygens (including phenoxy) is 2. The summed E-state index contributed by atoms with van der Waals surface area (Å²) in [7, 11) is 0. The summed E-state index contributed by atoms with van der Waals surface area (Å²) in [4.78, 5) is 8.91. The Bertz CT molecular complexity index is 479. The Balaban J connectivity index is 1.90. The molecular weight excluding hydrogens is 228 g/mol. The SMILES string of the molecule is C[C@H]1COC(c2cccc(C3=N[C@@H](C)CO3)c2)=N1. The number of benzene rings is 1. The van der Waals surface area contributed by atoms with Gasteiger partial charge in [0, 0.05) is 11.1 Å². The van der Waals surface area contributed by atoms with Crippen LogP contribution in [0.5, 0.6) is 0 Å². The predicted molar refractivity (Wildman–Crippen MR) is 70.3 cm³/mol. The molecule has 0 saturated heterocycles. The fraction of sp³-hybridized carbons (Fsp3) is 0.429. The third-order valence-electron chi connectivity index (χ3n) is 2.95. The van der Waals surface area contributed by atoms with Crippen LogP contribution in [0.25, 0.3) is 0 Å². The van der Waals surface area contributed by atoms with Gasteiger partial charge in [-0.1, -0.05) is 6.07 Å². The number of rotatable bonds is 2. The molecule has 2 atom stereocenters. The molecule has 2 aliphatic heterocycles. The van der Waals surface area contributed by atoms with Gasteiger partial charge in [0.2, 0.25) is 11.8 Å². The van der Waals surface area contributed by atoms with Crippen molar-refractivity contribution in [3.63, 3.8) is 0 Å². The van der Waals surface area contributed by atoms with Gasteiger partial charge in [-0.15, -0.1) is 0 Å². The van der Waals surface area contributed by atoms with Crippen LogP contribution in [-0.2, 0) is 9.47 Å². The van der Waals surface area contributed by atoms with Gasteiger partial charge in [-0.25, -0.2) is 9.98 Å². The van der Waals surface area contributed by atoms with E-state index in [1.54, 1.807) is 0 Å². The third-order valence-corrected chi connectivity index (χ3v) is 2.95. The molecule has 4 heteroatoms. The van der Waals surface area contributed by atoms with Crippen LogP contribution in [0.1, 0.15) is 25.0 Å². The highest BCUT2D eigenvalue weighted by atomic mass is 16.5. The molecule has 0 amide bonds. The molecule has 2 heterocycles. The van der Waals surface area contributed by atoms with Gasteiger partial charge in [0.05, 0.1) is 12.1 Å². The molecule has 3 rings (SSSR count). The Morgan fingerprint density at radius 3 is 1.83 bits per heavy atom. The molecule has 0 aromatic heterocycles. The maximum absolute atomic E-state index is 5.56. The lowest BCUT2D eigenvalue weighted by Gasteiger charge is -2.05. The molecule has 0 bridgehead atoms. The van der Waals surface area contributed by atoms with Crippen LogP contribution >= 0.6 is 0 Å². The van der Waals surface area contributed by atoms with E-state index in [4.69, 9.17) is 9.47 Å². The fourth-order valence-corrected chi connectivity index (χ4v) is 2.05. The van der Waals surface area contributed by atoms with Crippen molar-refractivity contribution in [2.45, 2.75) is 25.9 Å². The van der Waals surface area contributed by atoms with Gasteiger partial charge in [-0.05, 0) is 32.0 Å². The summed E-state index contributed by atoms with van der Waals surface area (Å²) in [5.74, 6) is 1.44. The highest BCUT2D eigenvalue weighted by molar-refractivity contribution is 6.00. The smallest absolute Gasteiger partial charge is 0.216 e. The molecule has 1 aromatic rings. The zero-order valence-corrected chi connectivity index (χ0v) is 10.6. The van der Waals surface area contributed by atoms with Crippen LogP contribution in [0.3, 0.4) is 0 Å². The van der Waals surface area contributed by atoms with Crippen LogP contribution < -0.4 is 0 Å². The molecule has 1 aromatic carbocycles. The van der Waals surface area contributed by atoms with Gasteiger partial charge in [0.25, 0.3) is 0 Å². The molecule has 2 aliphatic rings. The zero-order valence-electron chi connectivity index (χ0n) is 10.6. The van der Waals surface area contributed by atoms with Crippen LogP contribution in [0.2, 0.25) is 0 Å². The first-order valence-electron chi connectivity index (χ1n) is 6.24. The first-order chi connectivity index (χ1) is 8.72. The van der Waals surface area contributed by atoms with E-state index in [9.17, 15) is 0 Å². The number of nitrogens with zero attached hydrogens (tertiary/aromatic N) is 2. The minimum absolute atomic E-state index is 0.240. The number of hydrogen-bond donors (Lipinski definition) is 0. The Morgan fingerprint density at radius 1 is 0.944 bits per heavy atom. The Kier molecular flexibility index (Phi) is 2.78. The maximum Gasteiger partial charge on any atom is 0.216 e. The fourth-order valence-electron chi connectivity index (χ4n) is 2.05. The quantitative estimate of drug-likeness (QED) is 0.798. The van der Waals surface area contributed by atoms with E-state index in [0.29, 0.717) is 13.2 Å². The van der Waals surface area contributed by atoms with E-state index in [0.717, 1.165) is 22.9 Å². The van der Waals surface area contributed by atoms with Crippen molar-refractivity contribution >= 4 is 11.8 Å². The van der Waals surface area contributed by atoms with Crippen molar-refractivity contribution in [2.75, 3.05) is 13.2 Å². The van der Waals surface area contributed by atoms with E-state index in [1.807, 2.05) is 38.1 Å². The molecular formula is C14H16N2O2. The van der Waals surface area contributed by atoms with Crippen LogP contribution in [0, 0.1) is 0 Å². The van der Waals surface area contributed by atoms with E-state index >= 15 is 0 Å². The molecule has 0 aliphatic carbocycles. The number of hydrogen-bond acceptors (Lipinski definition) is 4. The summed E-state index contributed by atoms with van der Waals surface area (Å²) in [5.41, 5.74) is 1.98. The first-order valence-corrected chi connectivity index (χ1v) is 6.24. The van der Waals surface area contributed by atoms with E-state index in [2.05, 4.69) is 9.98 Å². The van der Waals surface area contributed by atoms with Gasteiger partial charge in [-0.2, -0.15) is 0 Å². The molecule has 94 valence electrons. The second kappa shape index (κ2) is 4.44. The van der Waals surface area contributed by atoms with Crippen molar-refractivity contribution in [1.29, 1.82) is 0 Å². The molecule has 0 spiro atoms. The lowest BCUT2D eigenvalue weighted by molar-refractivity contribution is 0.323. The normalized spacial score (nSPS) is 26.3. The molecule has 0 N–H and O–H groups in total. The Morgan fingerprint density at radius 2 is 1.44 bits per heavy atom. The van der Waals surface area contributed by atoms with Gasteiger partial charge in [-0.3, -0.25) is 0 Å². The highest BCUT2D eigenvalue weighted by Crippen LogP contribution is 2.16. The monoisotopic (exact) mass is 244 g/mol. The Hall–Kier alpha value is -1.84. The summed E-state index contributed by atoms with van der Waals surface area (Å²) in [6.07, 6.45) is 0. The van der Waals surface area contributed by atoms with E-state index < -0.39 is 0 Å². The lowest BCUT2D eigenvalue weighted by atomic mass is 10.1. The standard InChI is InChI=1S/C14H16N2O2/c1-9-7-17-13(15-9)11-4-3-5-12(6-11)14-16-10(2)8-18-14/h3-6,9-10H,7-8H2,1-2H3/t9-,10-/m0/s1. The molecule has 0 radical (unpaired) electrons. The number of aliphatic imine (C=N–C) groups is 2. The van der Waals surface area contributed by atoms with Crippen molar-refractivity contribution in [3.8, 4) is 0 Å². The minimum Gasteiger partial charge on any atom is -0.475 e. The Labute approximate surface area is 106 Å².